The van der Waals surface area contributed by atoms with Crippen LogP contribution in [-0.2, 0) is 4.74 Å². The van der Waals surface area contributed by atoms with Crippen molar-refractivity contribution in [3.8, 4) is 0 Å². The van der Waals surface area contributed by atoms with Crippen LogP contribution in [0.3, 0.4) is 0 Å². The van der Waals surface area contributed by atoms with E-state index in [1.165, 1.54) is 19.3 Å². The monoisotopic (exact) mass is 325 g/mol. The molecule has 1 saturated heterocycles. The van der Waals surface area contributed by atoms with Crippen molar-refractivity contribution in [2.75, 3.05) is 19.7 Å². The van der Waals surface area contributed by atoms with Crippen LogP contribution in [-0.4, -0.2) is 36.6 Å². The molecule has 2 rings (SSSR count). The molecule has 0 aromatic heterocycles. The van der Waals surface area contributed by atoms with Gasteiger partial charge < -0.3 is 4.74 Å². The maximum Gasteiger partial charge on any atom is 0.338 e. The Morgan fingerprint density at radius 2 is 2.04 bits per heavy atom. The molecular weight excluding hydrogens is 298 g/mol. The highest BCUT2D eigenvalue weighted by atomic mass is 16.5. The number of carbonyl (C=O) groups excluding carboxylic acids is 1. The lowest BCUT2D eigenvalue weighted by Crippen LogP contribution is -2.39. The Kier molecular flexibility index (Phi) is 8.05. The Morgan fingerprint density at radius 3 is 2.83 bits per heavy atom. The molecule has 0 radical (unpaired) electrons. The number of benzene rings is 1. The van der Waals surface area contributed by atoms with Gasteiger partial charge >= 0.3 is 5.97 Å². The van der Waals surface area contributed by atoms with Crippen molar-refractivity contribution in [2.24, 2.45) is 0 Å². The van der Waals surface area contributed by atoms with Crippen LogP contribution in [0.4, 0.5) is 0 Å². The molecule has 0 amide bonds. The summed E-state index contributed by atoms with van der Waals surface area (Å²) < 4.78 is 5.26. The molecule has 1 unspecified atom stereocenters. The lowest BCUT2D eigenvalue weighted by molar-refractivity contribution is 0.0549. The largest absolute Gasteiger partial charge is 0.458 e. The number of ether oxygens (including phenoxy) is 1. The predicted molar refractivity (Wildman–Crippen MR) is 99.0 cm³/mol. The summed E-state index contributed by atoms with van der Waals surface area (Å²) in [5.74, 6) is -0.273. The number of nitrogens with zero attached hydrogens (tertiary/aromatic N) is 1. The first kappa shape index (κ1) is 18.2. The summed E-state index contributed by atoms with van der Waals surface area (Å²) in [5, 5.41) is 0. The van der Waals surface area contributed by atoms with Gasteiger partial charge in [-0.25, -0.2) is 4.79 Å². The molecule has 24 heavy (non-hydrogen) atoms. The van der Waals surface area contributed by atoms with Crippen LogP contribution < -0.4 is 0 Å². The molecule has 1 heterocycles. The fraction of sp³-hybridized carbons (Fsp3) is 0.381. The predicted octanol–water partition coefficient (Wildman–Crippen LogP) is 4.39. The van der Waals surface area contributed by atoms with E-state index >= 15 is 0 Å². The molecule has 0 saturated carbocycles. The van der Waals surface area contributed by atoms with Crippen molar-refractivity contribution in [1.82, 2.24) is 4.90 Å². The first-order valence-corrected chi connectivity index (χ1v) is 8.70. The molecule has 1 fully saturated rings. The van der Waals surface area contributed by atoms with Gasteiger partial charge in [-0.2, -0.15) is 0 Å². The summed E-state index contributed by atoms with van der Waals surface area (Å²) >= 11 is 0. The zero-order valence-corrected chi connectivity index (χ0v) is 14.3. The van der Waals surface area contributed by atoms with Crippen LogP contribution >= 0.6 is 0 Å². The Hall–Kier alpha value is -2.13. The van der Waals surface area contributed by atoms with Gasteiger partial charge in [-0.15, -0.1) is 0 Å². The van der Waals surface area contributed by atoms with Crippen LogP contribution in [0.5, 0.6) is 0 Å². The van der Waals surface area contributed by atoms with Gasteiger partial charge in [0.1, 0.15) is 6.61 Å². The first-order valence-electron chi connectivity index (χ1n) is 8.70. The zero-order valence-electron chi connectivity index (χ0n) is 14.3. The fourth-order valence-electron chi connectivity index (χ4n) is 2.96. The van der Waals surface area contributed by atoms with Gasteiger partial charge in [-0.1, -0.05) is 55.5 Å². The highest BCUT2D eigenvalue weighted by molar-refractivity contribution is 5.89. The fourth-order valence-corrected chi connectivity index (χ4v) is 2.96. The van der Waals surface area contributed by atoms with Gasteiger partial charge in [-0.05, 0) is 44.0 Å². The van der Waals surface area contributed by atoms with Crippen molar-refractivity contribution < 1.29 is 9.53 Å². The zero-order chi connectivity index (χ0) is 17.0. The number of piperidine rings is 1. The highest BCUT2D eigenvalue weighted by Crippen LogP contribution is 2.19. The van der Waals surface area contributed by atoms with Crippen molar-refractivity contribution in [1.29, 1.82) is 0 Å². The maximum atomic E-state index is 11.8. The number of esters is 1. The highest BCUT2D eigenvalue weighted by Gasteiger charge is 2.19. The van der Waals surface area contributed by atoms with Gasteiger partial charge in [0.2, 0.25) is 0 Å². The van der Waals surface area contributed by atoms with Crippen molar-refractivity contribution >= 4 is 5.97 Å². The second-order valence-corrected chi connectivity index (χ2v) is 5.98. The molecule has 0 bridgehead atoms. The van der Waals surface area contributed by atoms with E-state index in [4.69, 9.17) is 4.74 Å². The third-order valence-electron chi connectivity index (χ3n) is 4.26. The van der Waals surface area contributed by atoms with Crippen molar-refractivity contribution in [3.63, 3.8) is 0 Å². The van der Waals surface area contributed by atoms with E-state index in [-0.39, 0.29) is 5.97 Å². The Bertz CT molecular complexity index is 562. The molecular formula is C21H27NO2. The quantitative estimate of drug-likeness (QED) is 0.403. The molecule has 0 spiro atoms. The van der Waals surface area contributed by atoms with Crippen LogP contribution in [0.2, 0.25) is 0 Å². The summed E-state index contributed by atoms with van der Waals surface area (Å²) in [6.45, 7) is 6.09. The Morgan fingerprint density at radius 1 is 1.21 bits per heavy atom. The van der Waals surface area contributed by atoms with Crippen LogP contribution in [0.15, 0.2) is 67.3 Å². The summed E-state index contributed by atoms with van der Waals surface area (Å²) in [6.07, 6.45) is 15.0. The second-order valence-electron chi connectivity index (χ2n) is 5.98. The molecule has 1 atom stereocenters. The average molecular weight is 325 g/mol. The van der Waals surface area contributed by atoms with Crippen molar-refractivity contribution in [3.05, 3.63) is 72.9 Å². The minimum absolute atomic E-state index is 0.273. The van der Waals surface area contributed by atoms with Crippen LogP contribution in [0, 0.1) is 0 Å². The van der Waals surface area contributed by atoms with Crippen LogP contribution in [0.1, 0.15) is 36.0 Å². The summed E-state index contributed by atoms with van der Waals surface area (Å²) in [4.78, 5) is 14.3. The van der Waals surface area contributed by atoms with Crippen molar-refractivity contribution in [2.45, 2.75) is 31.7 Å². The van der Waals surface area contributed by atoms with E-state index in [9.17, 15) is 4.79 Å². The lowest BCUT2D eigenvalue weighted by Gasteiger charge is -2.34. The molecule has 3 nitrogen and oxygen atoms in total. The Balaban J connectivity index is 1.72. The molecule has 1 aromatic carbocycles. The minimum Gasteiger partial charge on any atom is -0.458 e. The summed E-state index contributed by atoms with van der Waals surface area (Å²) in [7, 11) is 0. The normalized spacial score (nSPS) is 18.9. The van der Waals surface area contributed by atoms with Gasteiger partial charge in [0.15, 0.2) is 0 Å². The molecule has 1 aliphatic rings. The van der Waals surface area contributed by atoms with E-state index in [2.05, 4.69) is 23.6 Å². The van der Waals surface area contributed by atoms with E-state index in [0.717, 1.165) is 19.5 Å². The number of carbonyl (C=O) groups is 1. The molecule has 128 valence electrons. The third-order valence-corrected chi connectivity index (χ3v) is 4.26. The van der Waals surface area contributed by atoms with E-state index in [1.807, 2.05) is 36.4 Å². The SMILES string of the molecule is C=C/C=C/CC1CCCCN1C/C=C/COC(=O)c1ccccc1. The van der Waals surface area contributed by atoms with E-state index < -0.39 is 0 Å². The molecule has 1 aliphatic heterocycles. The smallest absolute Gasteiger partial charge is 0.338 e. The average Bonchev–Trinajstić information content (AvgIpc) is 2.63. The van der Waals surface area contributed by atoms with Gasteiger partial charge in [0, 0.05) is 12.6 Å². The maximum absolute atomic E-state index is 11.8. The molecule has 3 heteroatoms. The number of allylic oxidation sites excluding steroid dienone is 2. The standard InChI is InChI=1S/C21H27NO2/c1-2-3-5-14-20-15-8-9-16-22(20)17-10-11-18-24-21(23)19-12-6-4-7-13-19/h2-7,10-13,20H,1,8-9,14-18H2/b5-3+,11-10+. The Labute approximate surface area is 145 Å². The summed E-state index contributed by atoms with van der Waals surface area (Å²) in [5.41, 5.74) is 0.594. The first-order chi connectivity index (χ1) is 11.8. The lowest BCUT2D eigenvalue weighted by atomic mass is 9.99. The number of hydrogen-bond acceptors (Lipinski definition) is 3. The number of likely N-dealkylation sites (tertiary alicyclic amines) is 1. The topological polar surface area (TPSA) is 29.5 Å². The van der Waals surface area contributed by atoms with E-state index in [1.54, 1.807) is 12.1 Å². The molecule has 1 aromatic rings. The van der Waals surface area contributed by atoms with Crippen LogP contribution in [0.25, 0.3) is 0 Å². The third kappa shape index (κ3) is 6.17. The van der Waals surface area contributed by atoms with E-state index in [0.29, 0.717) is 18.2 Å². The minimum atomic E-state index is -0.273. The number of hydrogen-bond donors (Lipinski definition) is 0. The number of rotatable bonds is 8. The second kappa shape index (κ2) is 10.6. The molecule has 0 aliphatic carbocycles. The summed E-state index contributed by atoms with van der Waals surface area (Å²) in [6, 6.07) is 9.69. The molecule has 0 N–H and O–H groups in total. The van der Waals surface area contributed by atoms with Gasteiger partial charge in [0.25, 0.3) is 0 Å². The van der Waals surface area contributed by atoms with Gasteiger partial charge in [0.05, 0.1) is 5.56 Å². The van der Waals surface area contributed by atoms with Gasteiger partial charge in [-0.3, -0.25) is 4.90 Å².